The van der Waals surface area contributed by atoms with Gasteiger partial charge in [0.1, 0.15) is 5.60 Å². The van der Waals surface area contributed by atoms with Crippen LogP contribution < -0.4 is 34.7 Å². The number of carbonyl (C=O) groups is 2. The maximum Gasteiger partial charge on any atom is 1.00 e. The summed E-state index contributed by atoms with van der Waals surface area (Å²) < 4.78 is 5.36. The van der Waals surface area contributed by atoms with Crippen LogP contribution in [0.5, 0.6) is 0 Å². The quantitative estimate of drug-likeness (QED) is 0.339. The third-order valence-corrected chi connectivity index (χ3v) is 3.22. The van der Waals surface area contributed by atoms with Gasteiger partial charge in [-0.15, -0.1) is 0 Å². The summed E-state index contributed by atoms with van der Waals surface area (Å²) in [4.78, 5) is 21.8. The summed E-state index contributed by atoms with van der Waals surface area (Å²) in [5.41, 5.74) is -0.876. The van der Waals surface area contributed by atoms with E-state index in [0.717, 1.165) is 19.3 Å². The number of hydrogen-bond donors (Lipinski definition) is 0. The minimum absolute atomic E-state index is 0. The first-order valence-corrected chi connectivity index (χ1v) is 6.04. The van der Waals surface area contributed by atoms with Crippen LogP contribution in [0.15, 0.2) is 0 Å². The Morgan fingerprint density at radius 3 is 2.00 bits per heavy atom. The van der Waals surface area contributed by atoms with Crippen molar-refractivity contribution in [3.8, 4) is 0 Å². The molecule has 100 valence electrons. The molecule has 0 amide bonds. The predicted molar refractivity (Wildman–Crippen MR) is 63.1 cm³/mol. The normalized spacial score (nSPS) is 14.3. The van der Waals surface area contributed by atoms with Crippen LogP contribution in [0.2, 0.25) is 0 Å². The van der Waals surface area contributed by atoms with E-state index < -0.39 is 24.0 Å². The Kier molecular flexibility index (Phi) is 9.21. The van der Waals surface area contributed by atoms with Gasteiger partial charge in [-0.2, -0.15) is 0 Å². The fraction of sp³-hybridized carbons (Fsp3) is 0.846. The predicted octanol–water partition coefficient (Wildman–Crippen LogP) is -1.33. The first-order valence-electron chi connectivity index (χ1n) is 6.04. The summed E-state index contributed by atoms with van der Waals surface area (Å²) in [6.45, 7) is 9.86. The monoisotopic (exact) mass is 266 g/mol. The van der Waals surface area contributed by atoms with Gasteiger partial charge in [-0.25, -0.2) is 0 Å². The molecule has 0 bridgehead atoms. The van der Waals surface area contributed by atoms with Gasteiger partial charge in [-0.3, -0.25) is 4.79 Å². The zero-order valence-electron chi connectivity index (χ0n) is 12.5. The first kappa shape index (κ1) is 20.3. The largest absolute Gasteiger partial charge is 1.00 e. The molecule has 0 aliphatic rings. The Morgan fingerprint density at radius 1 is 1.17 bits per heavy atom. The Hall–Kier alpha value is -0.0600. The third kappa shape index (κ3) is 6.76. The fourth-order valence-electron chi connectivity index (χ4n) is 1.50. The molecule has 0 aromatic rings. The van der Waals surface area contributed by atoms with Gasteiger partial charge < -0.3 is 14.6 Å². The third-order valence-electron chi connectivity index (χ3n) is 3.22. The van der Waals surface area contributed by atoms with E-state index in [9.17, 15) is 14.7 Å². The molecule has 0 saturated carbocycles. The molecular weight excluding hydrogens is 243 g/mol. The van der Waals surface area contributed by atoms with Crippen molar-refractivity contribution in [2.24, 2.45) is 5.41 Å². The van der Waals surface area contributed by atoms with Crippen LogP contribution in [0.1, 0.15) is 60.3 Å². The van der Waals surface area contributed by atoms with Crippen molar-refractivity contribution in [3.05, 3.63) is 0 Å². The van der Waals surface area contributed by atoms with E-state index in [1.165, 1.54) is 0 Å². The van der Waals surface area contributed by atoms with E-state index in [1.807, 2.05) is 27.7 Å². The molecule has 5 heteroatoms. The van der Waals surface area contributed by atoms with Gasteiger partial charge in [0.2, 0.25) is 0 Å². The van der Waals surface area contributed by atoms with Crippen molar-refractivity contribution in [3.63, 3.8) is 0 Å². The molecule has 0 N–H and O–H groups in total. The molecule has 0 rings (SSSR count). The van der Waals surface area contributed by atoms with Gasteiger partial charge in [-0.05, 0) is 19.8 Å². The van der Waals surface area contributed by atoms with Gasteiger partial charge in [0.25, 0.3) is 0 Å². The van der Waals surface area contributed by atoms with Crippen LogP contribution in [-0.4, -0.2) is 17.5 Å². The summed E-state index contributed by atoms with van der Waals surface area (Å²) >= 11 is 0. The minimum Gasteiger partial charge on any atom is -0.550 e. The van der Waals surface area contributed by atoms with Crippen LogP contribution >= 0.6 is 0 Å². The maximum atomic E-state index is 11.4. The summed E-state index contributed by atoms with van der Waals surface area (Å²) in [7, 11) is 0. The molecule has 0 aromatic heterocycles. The van der Waals surface area contributed by atoms with E-state index in [4.69, 9.17) is 4.74 Å². The summed E-state index contributed by atoms with van der Waals surface area (Å²) in [5, 5.41) is 10.3. The van der Waals surface area contributed by atoms with Crippen molar-refractivity contribution < 1.29 is 49.0 Å². The van der Waals surface area contributed by atoms with Crippen molar-refractivity contribution in [1.82, 2.24) is 0 Å². The van der Waals surface area contributed by atoms with E-state index in [0.29, 0.717) is 0 Å². The molecule has 0 aromatic carbocycles. The molecule has 0 aliphatic carbocycles. The molecule has 0 heterocycles. The fourth-order valence-corrected chi connectivity index (χ4v) is 1.50. The van der Waals surface area contributed by atoms with Crippen molar-refractivity contribution in [2.45, 2.75) is 65.9 Å². The number of esters is 1. The minimum atomic E-state index is -1.40. The smallest absolute Gasteiger partial charge is 0.550 e. The molecule has 0 radical (unpaired) electrons. The standard InChI is InChI=1S/C13H24O4.Na/c1-6-7-8-13(5,12(2,3)4)17-11(16)9-10(14)15;/h6-9H2,1-5H3,(H,14,15);/q;+1/p-1. The molecule has 4 nitrogen and oxygen atoms in total. The number of carboxylic acid groups (broad SMARTS) is 1. The Labute approximate surface area is 132 Å². The average molecular weight is 266 g/mol. The summed E-state index contributed by atoms with van der Waals surface area (Å²) in [6, 6.07) is 0. The van der Waals surface area contributed by atoms with E-state index in [2.05, 4.69) is 6.92 Å². The number of aliphatic carboxylic acids is 1. The number of ether oxygens (including phenoxy) is 1. The number of carboxylic acids is 1. The molecule has 1 unspecified atom stereocenters. The Morgan fingerprint density at radius 2 is 1.67 bits per heavy atom. The topological polar surface area (TPSA) is 66.4 Å². The Bertz CT molecular complexity index is 283. The zero-order chi connectivity index (χ0) is 13.7. The number of unbranched alkanes of at least 4 members (excludes halogenated alkanes) is 1. The molecule has 0 aliphatic heterocycles. The molecule has 0 fully saturated rings. The number of hydrogen-bond acceptors (Lipinski definition) is 4. The van der Waals surface area contributed by atoms with Crippen LogP contribution in [0.3, 0.4) is 0 Å². The second-order valence-corrected chi connectivity index (χ2v) is 5.61. The van der Waals surface area contributed by atoms with E-state index in [-0.39, 0.29) is 35.0 Å². The van der Waals surface area contributed by atoms with Crippen LogP contribution in [0.4, 0.5) is 0 Å². The zero-order valence-corrected chi connectivity index (χ0v) is 14.5. The second kappa shape index (κ2) is 8.18. The van der Waals surface area contributed by atoms with Gasteiger partial charge in [0.05, 0.1) is 12.4 Å². The van der Waals surface area contributed by atoms with Crippen LogP contribution in [0, 0.1) is 5.41 Å². The summed E-state index contributed by atoms with van der Waals surface area (Å²) in [5.74, 6) is -2.12. The second-order valence-electron chi connectivity index (χ2n) is 5.61. The molecule has 1 atom stereocenters. The van der Waals surface area contributed by atoms with Crippen molar-refractivity contribution in [1.29, 1.82) is 0 Å². The first-order chi connectivity index (χ1) is 7.62. The number of carbonyl (C=O) groups excluding carboxylic acids is 2. The SMILES string of the molecule is CCCCC(C)(OC(=O)CC(=O)[O-])C(C)(C)C.[Na+]. The van der Waals surface area contributed by atoms with Crippen molar-refractivity contribution >= 4 is 11.9 Å². The van der Waals surface area contributed by atoms with Gasteiger partial charge in [0.15, 0.2) is 0 Å². The van der Waals surface area contributed by atoms with Crippen LogP contribution in [0.25, 0.3) is 0 Å². The maximum absolute atomic E-state index is 11.4. The molecule has 0 spiro atoms. The van der Waals surface area contributed by atoms with Crippen LogP contribution in [-0.2, 0) is 14.3 Å². The van der Waals surface area contributed by atoms with E-state index in [1.54, 1.807) is 0 Å². The molecule has 18 heavy (non-hydrogen) atoms. The van der Waals surface area contributed by atoms with Gasteiger partial charge in [-0.1, -0.05) is 34.1 Å². The number of rotatable bonds is 6. The van der Waals surface area contributed by atoms with E-state index >= 15 is 0 Å². The van der Waals surface area contributed by atoms with Gasteiger partial charge >= 0.3 is 35.5 Å². The van der Waals surface area contributed by atoms with Gasteiger partial charge in [0, 0.05) is 5.41 Å². The Balaban J connectivity index is 0. The molecular formula is C13H23NaO4. The summed E-state index contributed by atoms with van der Waals surface area (Å²) in [6.07, 6.45) is 1.99. The average Bonchev–Trinajstić information content (AvgIpc) is 2.11. The molecule has 0 saturated heterocycles. The van der Waals surface area contributed by atoms with Crippen molar-refractivity contribution in [2.75, 3.05) is 0 Å².